The molecule has 0 spiro atoms. The predicted molar refractivity (Wildman–Crippen MR) is 67.6 cm³/mol. The molecule has 0 radical (unpaired) electrons. The molecular weight excluding hydrogens is 212 g/mol. The van der Waals surface area contributed by atoms with Gasteiger partial charge in [0.15, 0.2) is 0 Å². The molecule has 0 bridgehead atoms. The van der Waals surface area contributed by atoms with Gasteiger partial charge in [0.1, 0.15) is 0 Å². The van der Waals surface area contributed by atoms with Crippen LogP contribution in [0.5, 0.6) is 0 Å². The van der Waals surface area contributed by atoms with Gasteiger partial charge in [0.2, 0.25) is 0 Å². The summed E-state index contributed by atoms with van der Waals surface area (Å²) in [6.07, 6.45) is 1.97. The minimum atomic E-state index is -0.630. The molecule has 17 heavy (non-hydrogen) atoms. The molecule has 3 rings (SSSR count). The fourth-order valence-electron chi connectivity index (χ4n) is 2.60. The number of rotatable bonds is 2. The second-order valence-electron chi connectivity index (χ2n) is 5.06. The van der Waals surface area contributed by atoms with Gasteiger partial charge in [-0.25, -0.2) is 0 Å². The SMILES string of the molecule is NC1CC(O)(Cc2ccc3ccccc3n2)C1. The molecule has 1 aromatic carbocycles. The van der Waals surface area contributed by atoms with Crippen LogP contribution in [0, 0.1) is 0 Å². The fraction of sp³-hybridized carbons (Fsp3) is 0.357. The largest absolute Gasteiger partial charge is 0.389 e. The maximum atomic E-state index is 10.2. The zero-order valence-corrected chi connectivity index (χ0v) is 9.63. The molecule has 1 aromatic heterocycles. The topological polar surface area (TPSA) is 59.1 Å². The highest BCUT2D eigenvalue weighted by molar-refractivity contribution is 5.78. The number of pyridine rings is 1. The first kappa shape index (κ1) is 10.7. The van der Waals surface area contributed by atoms with Crippen molar-refractivity contribution in [1.82, 2.24) is 4.98 Å². The third kappa shape index (κ3) is 2.04. The molecule has 88 valence electrons. The summed E-state index contributed by atoms with van der Waals surface area (Å²) in [7, 11) is 0. The maximum Gasteiger partial charge on any atom is 0.0732 e. The van der Waals surface area contributed by atoms with Gasteiger partial charge >= 0.3 is 0 Å². The predicted octanol–water partition coefficient (Wildman–Crippen LogP) is 1.63. The summed E-state index contributed by atoms with van der Waals surface area (Å²) in [5.74, 6) is 0. The first-order valence-electron chi connectivity index (χ1n) is 5.97. The number of hydrogen-bond acceptors (Lipinski definition) is 3. The molecule has 1 saturated carbocycles. The Morgan fingerprint density at radius 1 is 1.24 bits per heavy atom. The van der Waals surface area contributed by atoms with Crippen molar-refractivity contribution in [1.29, 1.82) is 0 Å². The van der Waals surface area contributed by atoms with E-state index in [-0.39, 0.29) is 6.04 Å². The van der Waals surface area contributed by atoms with Gasteiger partial charge < -0.3 is 10.8 Å². The molecule has 3 nitrogen and oxygen atoms in total. The molecule has 3 heteroatoms. The van der Waals surface area contributed by atoms with Crippen molar-refractivity contribution in [3.63, 3.8) is 0 Å². The first-order chi connectivity index (χ1) is 8.15. The Morgan fingerprint density at radius 3 is 2.76 bits per heavy atom. The monoisotopic (exact) mass is 228 g/mol. The van der Waals surface area contributed by atoms with Crippen LogP contribution in [-0.2, 0) is 6.42 Å². The number of para-hydroxylation sites is 1. The average Bonchev–Trinajstić information content (AvgIpc) is 2.27. The van der Waals surface area contributed by atoms with E-state index in [4.69, 9.17) is 5.73 Å². The lowest BCUT2D eigenvalue weighted by atomic mass is 9.73. The van der Waals surface area contributed by atoms with Gasteiger partial charge in [-0.1, -0.05) is 24.3 Å². The zero-order chi connectivity index (χ0) is 11.9. The van der Waals surface area contributed by atoms with Gasteiger partial charge in [-0.3, -0.25) is 4.98 Å². The van der Waals surface area contributed by atoms with Crippen LogP contribution in [0.15, 0.2) is 36.4 Å². The molecule has 1 aliphatic carbocycles. The van der Waals surface area contributed by atoms with Crippen molar-refractivity contribution >= 4 is 10.9 Å². The molecule has 2 aromatic rings. The van der Waals surface area contributed by atoms with Crippen LogP contribution >= 0.6 is 0 Å². The smallest absolute Gasteiger partial charge is 0.0732 e. The van der Waals surface area contributed by atoms with Gasteiger partial charge in [-0.15, -0.1) is 0 Å². The van der Waals surface area contributed by atoms with Gasteiger partial charge in [0.25, 0.3) is 0 Å². The molecule has 1 heterocycles. The van der Waals surface area contributed by atoms with Crippen molar-refractivity contribution in [3.8, 4) is 0 Å². The van der Waals surface area contributed by atoms with Gasteiger partial charge in [-0.2, -0.15) is 0 Å². The highest BCUT2D eigenvalue weighted by Crippen LogP contribution is 2.33. The Balaban J connectivity index is 1.86. The Bertz CT molecular complexity index is 547. The Labute approximate surface area is 100 Å². The second-order valence-corrected chi connectivity index (χ2v) is 5.06. The van der Waals surface area contributed by atoms with Crippen molar-refractivity contribution in [2.45, 2.75) is 30.9 Å². The molecule has 1 fully saturated rings. The minimum Gasteiger partial charge on any atom is -0.389 e. The Morgan fingerprint density at radius 2 is 2.00 bits per heavy atom. The summed E-state index contributed by atoms with van der Waals surface area (Å²) in [6.45, 7) is 0. The standard InChI is InChI=1S/C14H16N2O/c15-11-7-14(17,8-11)9-12-6-5-10-3-1-2-4-13(10)16-12/h1-6,11,17H,7-9,15H2. The summed E-state index contributed by atoms with van der Waals surface area (Å²) in [5, 5.41) is 11.3. The van der Waals surface area contributed by atoms with Gasteiger partial charge in [-0.05, 0) is 25.0 Å². The van der Waals surface area contributed by atoms with E-state index in [0.717, 1.165) is 16.6 Å². The third-order valence-electron chi connectivity index (χ3n) is 3.45. The summed E-state index contributed by atoms with van der Waals surface area (Å²) in [4.78, 5) is 4.57. The van der Waals surface area contributed by atoms with Crippen LogP contribution in [0.25, 0.3) is 10.9 Å². The first-order valence-corrected chi connectivity index (χ1v) is 5.97. The van der Waals surface area contributed by atoms with E-state index in [0.29, 0.717) is 19.3 Å². The minimum absolute atomic E-state index is 0.153. The van der Waals surface area contributed by atoms with Crippen molar-refractivity contribution < 1.29 is 5.11 Å². The number of nitrogens with zero attached hydrogens (tertiary/aromatic N) is 1. The van der Waals surface area contributed by atoms with Gasteiger partial charge in [0, 0.05) is 23.5 Å². The maximum absolute atomic E-state index is 10.2. The zero-order valence-electron chi connectivity index (χ0n) is 9.63. The number of fused-ring (bicyclic) bond motifs is 1. The summed E-state index contributed by atoms with van der Waals surface area (Å²) < 4.78 is 0. The molecule has 1 aliphatic rings. The van der Waals surface area contributed by atoms with Crippen LogP contribution < -0.4 is 5.73 Å². The van der Waals surface area contributed by atoms with E-state index in [1.165, 1.54) is 0 Å². The van der Waals surface area contributed by atoms with Crippen molar-refractivity contribution in [2.75, 3.05) is 0 Å². The third-order valence-corrected chi connectivity index (χ3v) is 3.45. The highest BCUT2D eigenvalue weighted by atomic mass is 16.3. The summed E-state index contributed by atoms with van der Waals surface area (Å²) in [6, 6.07) is 12.2. The quantitative estimate of drug-likeness (QED) is 0.821. The number of aromatic nitrogens is 1. The van der Waals surface area contributed by atoms with Crippen LogP contribution in [-0.4, -0.2) is 21.7 Å². The molecule has 0 aliphatic heterocycles. The van der Waals surface area contributed by atoms with E-state index in [9.17, 15) is 5.11 Å². The molecular formula is C14H16N2O. The average molecular weight is 228 g/mol. The highest BCUT2D eigenvalue weighted by Gasteiger charge is 2.40. The van der Waals surface area contributed by atoms with Crippen LogP contribution in [0.4, 0.5) is 0 Å². The lowest BCUT2D eigenvalue weighted by Crippen LogP contribution is -2.52. The normalized spacial score (nSPS) is 28.0. The van der Waals surface area contributed by atoms with Gasteiger partial charge in [0.05, 0.1) is 11.1 Å². The molecule has 3 N–H and O–H groups in total. The molecule has 0 unspecified atom stereocenters. The van der Waals surface area contributed by atoms with E-state index in [1.54, 1.807) is 0 Å². The summed E-state index contributed by atoms with van der Waals surface area (Å²) in [5.41, 5.74) is 7.01. The molecule has 0 saturated heterocycles. The fourth-order valence-corrected chi connectivity index (χ4v) is 2.60. The Hall–Kier alpha value is -1.45. The van der Waals surface area contributed by atoms with Crippen LogP contribution in [0.2, 0.25) is 0 Å². The number of aliphatic hydroxyl groups is 1. The Kier molecular flexibility index (Phi) is 2.38. The molecule has 0 atom stereocenters. The van der Waals surface area contributed by atoms with Crippen molar-refractivity contribution in [2.24, 2.45) is 5.73 Å². The van der Waals surface area contributed by atoms with E-state index < -0.39 is 5.60 Å². The van der Waals surface area contributed by atoms with E-state index >= 15 is 0 Å². The number of benzene rings is 1. The second kappa shape index (κ2) is 3.79. The van der Waals surface area contributed by atoms with Crippen LogP contribution in [0.1, 0.15) is 18.5 Å². The lowest BCUT2D eigenvalue weighted by Gasteiger charge is -2.41. The van der Waals surface area contributed by atoms with E-state index in [2.05, 4.69) is 11.1 Å². The van der Waals surface area contributed by atoms with Crippen LogP contribution in [0.3, 0.4) is 0 Å². The van der Waals surface area contributed by atoms with Crippen molar-refractivity contribution in [3.05, 3.63) is 42.1 Å². The molecule has 0 amide bonds. The van der Waals surface area contributed by atoms with E-state index in [1.807, 2.05) is 30.3 Å². The number of hydrogen-bond donors (Lipinski definition) is 2. The number of nitrogens with two attached hydrogens (primary N) is 1. The lowest BCUT2D eigenvalue weighted by molar-refractivity contribution is -0.0461. The summed E-state index contributed by atoms with van der Waals surface area (Å²) >= 11 is 0.